The number of anilines is 1. The summed E-state index contributed by atoms with van der Waals surface area (Å²) in [5, 5.41) is 5.32. The Hall–Kier alpha value is -0.970. The van der Waals surface area contributed by atoms with Crippen LogP contribution in [0.4, 0.5) is 5.69 Å². The maximum atomic E-state index is 6.22. The van der Waals surface area contributed by atoms with E-state index in [2.05, 4.69) is 10.3 Å². The molecule has 1 unspecified atom stereocenters. The molecule has 0 radical (unpaired) electrons. The molecule has 3 N–H and O–H groups in total. The van der Waals surface area contributed by atoms with E-state index in [1.165, 1.54) is 0 Å². The summed E-state index contributed by atoms with van der Waals surface area (Å²) in [6.45, 7) is 0.636. The quantitative estimate of drug-likeness (QED) is 0.913. The molecule has 0 spiro atoms. The van der Waals surface area contributed by atoms with Gasteiger partial charge in [-0.1, -0.05) is 11.6 Å². The number of benzene rings is 1. The molecule has 1 aliphatic heterocycles. The highest BCUT2D eigenvalue weighted by Gasteiger charge is 2.33. The number of rotatable bonds is 3. The number of aromatic nitrogens is 1. The van der Waals surface area contributed by atoms with Gasteiger partial charge in [0.05, 0.1) is 21.8 Å². The number of nitrogens with one attached hydrogen (secondary N) is 1. The van der Waals surface area contributed by atoms with Crippen molar-refractivity contribution in [2.75, 3.05) is 23.4 Å². The van der Waals surface area contributed by atoms with Crippen molar-refractivity contribution in [2.45, 2.75) is 12.0 Å². The van der Waals surface area contributed by atoms with E-state index in [0.29, 0.717) is 6.54 Å². The van der Waals surface area contributed by atoms with Gasteiger partial charge in [0.15, 0.2) is 0 Å². The average Bonchev–Trinajstić information content (AvgIpc) is 2.92. The fourth-order valence-electron chi connectivity index (χ4n) is 2.44. The lowest BCUT2D eigenvalue weighted by atomic mass is 9.98. The van der Waals surface area contributed by atoms with Crippen LogP contribution in [0.5, 0.6) is 0 Å². The summed E-state index contributed by atoms with van der Waals surface area (Å²) in [4.78, 5) is 4.45. The molecular formula is C14H16ClN3S. The first-order valence-corrected chi connectivity index (χ1v) is 7.87. The van der Waals surface area contributed by atoms with Crippen LogP contribution in [0.2, 0.25) is 5.02 Å². The van der Waals surface area contributed by atoms with Crippen LogP contribution in [-0.4, -0.2) is 28.6 Å². The number of hydrogen-bond acceptors (Lipinski definition) is 4. The fraction of sp³-hybridized carbons (Fsp3) is 0.357. The van der Waals surface area contributed by atoms with Crippen LogP contribution in [-0.2, 0) is 0 Å². The van der Waals surface area contributed by atoms with Gasteiger partial charge < -0.3 is 11.1 Å². The van der Waals surface area contributed by atoms with Crippen molar-refractivity contribution in [3.05, 3.63) is 35.5 Å². The molecule has 1 aromatic carbocycles. The van der Waals surface area contributed by atoms with Crippen LogP contribution < -0.4 is 11.1 Å². The van der Waals surface area contributed by atoms with Gasteiger partial charge in [0.25, 0.3) is 0 Å². The Labute approximate surface area is 121 Å². The number of hydrogen-bond donors (Lipinski definition) is 2. The molecule has 0 bridgehead atoms. The number of fused-ring (bicyclic) bond motifs is 1. The van der Waals surface area contributed by atoms with Crippen molar-refractivity contribution in [3.8, 4) is 0 Å². The van der Waals surface area contributed by atoms with Gasteiger partial charge in [-0.15, -0.1) is 0 Å². The maximum Gasteiger partial charge on any atom is 0.0948 e. The van der Waals surface area contributed by atoms with Gasteiger partial charge in [0.1, 0.15) is 0 Å². The molecule has 3 rings (SSSR count). The monoisotopic (exact) mass is 293 g/mol. The molecule has 3 nitrogen and oxygen atoms in total. The maximum absolute atomic E-state index is 6.22. The standard InChI is InChI=1S/C14H16ClN3S/c15-11-3-4-12(13-10(11)2-1-6-17-13)18-14(8-16)5-7-19-9-14/h1-4,6,18H,5,7-9,16H2. The Morgan fingerprint density at radius 1 is 1.42 bits per heavy atom. The zero-order chi connectivity index (χ0) is 13.3. The molecule has 1 fully saturated rings. The van der Waals surface area contributed by atoms with E-state index in [9.17, 15) is 0 Å². The van der Waals surface area contributed by atoms with Crippen LogP contribution in [0, 0.1) is 0 Å². The summed E-state index contributed by atoms with van der Waals surface area (Å²) in [6, 6.07) is 7.81. The zero-order valence-corrected chi connectivity index (χ0v) is 12.1. The second kappa shape index (κ2) is 5.19. The van der Waals surface area contributed by atoms with Crippen LogP contribution in [0.15, 0.2) is 30.5 Å². The minimum absolute atomic E-state index is 0.0110. The molecule has 5 heteroatoms. The van der Waals surface area contributed by atoms with Crippen molar-refractivity contribution in [1.29, 1.82) is 0 Å². The molecule has 0 amide bonds. The first-order valence-electron chi connectivity index (χ1n) is 6.33. The molecule has 2 aromatic rings. The van der Waals surface area contributed by atoms with Gasteiger partial charge in [-0.3, -0.25) is 4.98 Å². The predicted octanol–water partition coefficient (Wildman–Crippen LogP) is 3.13. The van der Waals surface area contributed by atoms with Crippen molar-refractivity contribution in [1.82, 2.24) is 4.98 Å². The third-order valence-electron chi connectivity index (χ3n) is 3.61. The van der Waals surface area contributed by atoms with E-state index < -0.39 is 0 Å². The van der Waals surface area contributed by atoms with Crippen LogP contribution >= 0.6 is 23.4 Å². The molecule has 1 saturated heterocycles. The number of nitrogens with two attached hydrogens (primary N) is 1. The summed E-state index contributed by atoms with van der Waals surface area (Å²) < 4.78 is 0. The lowest BCUT2D eigenvalue weighted by molar-refractivity contribution is 0.538. The van der Waals surface area contributed by atoms with E-state index in [-0.39, 0.29) is 5.54 Å². The number of thioether (sulfide) groups is 1. The Bertz CT molecular complexity index is 596. The summed E-state index contributed by atoms with van der Waals surface area (Å²) in [5.74, 6) is 2.20. The van der Waals surface area contributed by atoms with E-state index in [0.717, 1.165) is 39.5 Å². The van der Waals surface area contributed by atoms with E-state index in [1.54, 1.807) is 6.20 Å². The Kier molecular flexibility index (Phi) is 3.56. The molecule has 19 heavy (non-hydrogen) atoms. The smallest absolute Gasteiger partial charge is 0.0948 e. The summed E-state index contributed by atoms with van der Waals surface area (Å²) in [6.07, 6.45) is 2.88. The van der Waals surface area contributed by atoms with Crippen LogP contribution in [0.25, 0.3) is 10.9 Å². The van der Waals surface area contributed by atoms with Crippen molar-refractivity contribution >= 4 is 40.0 Å². The van der Waals surface area contributed by atoms with Crippen molar-refractivity contribution in [3.63, 3.8) is 0 Å². The van der Waals surface area contributed by atoms with E-state index in [1.807, 2.05) is 36.0 Å². The molecule has 1 atom stereocenters. The Balaban J connectivity index is 2.03. The highest BCUT2D eigenvalue weighted by Crippen LogP contribution is 2.34. The third-order valence-corrected chi connectivity index (χ3v) is 5.19. The van der Waals surface area contributed by atoms with Crippen molar-refractivity contribution in [2.24, 2.45) is 5.73 Å². The zero-order valence-electron chi connectivity index (χ0n) is 10.5. The first-order chi connectivity index (χ1) is 9.24. The SMILES string of the molecule is NCC1(Nc2ccc(Cl)c3cccnc23)CCSC1. The molecule has 1 aromatic heterocycles. The second-order valence-corrected chi connectivity index (χ2v) is 6.42. The van der Waals surface area contributed by atoms with E-state index >= 15 is 0 Å². The van der Waals surface area contributed by atoms with Crippen LogP contribution in [0.1, 0.15) is 6.42 Å². The fourth-order valence-corrected chi connectivity index (χ4v) is 4.06. The van der Waals surface area contributed by atoms with Crippen LogP contribution in [0.3, 0.4) is 0 Å². The molecule has 100 valence electrons. The third kappa shape index (κ3) is 2.40. The van der Waals surface area contributed by atoms with Gasteiger partial charge >= 0.3 is 0 Å². The predicted molar refractivity (Wildman–Crippen MR) is 84.1 cm³/mol. The molecule has 0 aliphatic carbocycles. The number of halogens is 1. The Morgan fingerprint density at radius 3 is 3.05 bits per heavy atom. The summed E-state index contributed by atoms with van der Waals surface area (Å²) in [5.41, 5.74) is 7.89. The van der Waals surface area contributed by atoms with E-state index in [4.69, 9.17) is 17.3 Å². The molecule has 2 heterocycles. The minimum Gasteiger partial charge on any atom is -0.376 e. The average molecular weight is 294 g/mol. The van der Waals surface area contributed by atoms with Gasteiger partial charge in [-0.25, -0.2) is 0 Å². The van der Waals surface area contributed by atoms with Gasteiger partial charge in [0.2, 0.25) is 0 Å². The van der Waals surface area contributed by atoms with Gasteiger partial charge in [-0.2, -0.15) is 11.8 Å². The minimum atomic E-state index is -0.0110. The highest BCUT2D eigenvalue weighted by atomic mass is 35.5. The lowest BCUT2D eigenvalue weighted by Crippen LogP contribution is -2.45. The normalized spacial score (nSPS) is 22.8. The summed E-state index contributed by atoms with van der Waals surface area (Å²) in [7, 11) is 0. The van der Waals surface area contributed by atoms with Gasteiger partial charge in [0, 0.05) is 23.9 Å². The molecule has 0 saturated carbocycles. The number of pyridine rings is 1. The first kappa shape index (κ1) is 13.0. The van der Waals surface area contributed by atoms with Crippen molar-refractivity contribution < 1.29 is 0 Å². The van der Waals surface area contributed by atoms with Gasteiger partial charge in [-0.05, 0) is 36.4 Å². The largest absolute Gasteiger partial charge is 0.376 e. The molecular weight excluding hydrogens is 278 g/mol. The topological polar surface area (TPSA) is 50.9 Å². The Morgan fingerprint density at radius 2 is 2.32 bits per heavy atom. The number of nitrogens with zero attached hydrogens (tertiary/aromatic N) is 1. The lowest BCUT2D eigenvalue weighted by Gasteiger charge is -2.29. The second-order valence-electron chi connectivity index (χ2n) is 4.91. The highest BCUT2D eigenvalue weighted by molar-refractivity contribution is 7.99. The summed E-state index contributed by atoms with van der Waals surface area (Å²) >= 11 is 8.16. The molecule has 1 aliphatic rings.